The molecule has 3 heterocycles. The van der Waals surface area contributed by atoms with Crippen molar-refractivity contribution in [1.82, 2.24) is 36.3 Å². The molecule has 0 fully saturated rings. The number of aromatic carboxylic acids is 2. The van der Waals surface area contributed by atoms with E-state index in [0.717, 1.165) is 0 Å². The Bertz CT molecular complexity index is 1810. The van der Waals surface area contributed by atoms with Gasteiger partial charge in [-0.15, -0.1) is 10.6 Å². The Hall–Kier alpha value is -5.96. The van der Waals surface area contributed by atoms with E-state index < -0.39 is 29.0 Å². The zero-order valence-corrected chi connectivity index (χ0v) is 23.0. The van der Waals surface area contributed by atoms with E-state index in [1.807, 2.05) is 20.8 Å². The number of aromatic hydroxyl groups is 2. The molecule has 5 rings (SSSR count). The first-order chi connectivity index (χ1) is 20.3. The summed E-state index contributed by atoms with van der Waals surface area (Å²) in [5, 5.41) is 51.2. The molecule has 2 aromatic heterocycles. The Morgan fingerprint density at radius 2 is 1.44 bits per heavy atom. The number of phenols is 2. The molecule has 0 bridgehead atoms. The standard InChI is InChI=1S/C28H26N8O7/c1-28(2,3)30-25(39)14-8-19(21-12-35(33-31-21)15-4-6-17(26(40)41)23(37)10-15)29-20(9-14)22-13-36(34-32-22)16-5-7-18(27(42)43)24(38)11-16/h4-13,31,33,37-38H,1-3H3,(H,30,39)(H,40,41)(H,42,43). The molecule has 220 valence electrons. The summed E-state index contributed by atoms with van der Waals surface area (Å²) in [6, 6.07) is 11.1. The molecule has 0 aliphatic carbocycles. The minimum absolute atomic E-state index is 0.245. The molecule has 0 saturated carbocycles. The molecule has 0 saturated heterocycles. The number of carboxylic acids is 2. The molecule has 0 radical (unpaired) electrons. The van der Waals surface area contributed by atoms with E-state index in [2.05, 4.69) is 31.6 Å². The number of hydrazine groups is 2. The first-order valence-corrected chi connectivity index (χ1v) is 12.7. The van der Waals surface area contributed by atoms with Gasteiger partial charge in [0, 0.05) is 23.2 Å². The monoisotopic (exact) mass is 586 g/mol. The fourth-order valence-electron chi connectivity index (χ4n) is 4.13. The highest BCUT2D eigenvalue weighted by Crippen LogP contribution is 2.28. The summed E-state index contributed by atoms with van der Waals surface area (Å²) in [6.07, 6.45) is 3.12. The molecular formula is C28H26N8O7. The van der Waals surface area contributed by atoms with E-state index >= 15 is 0 Å². The number of anilines is 1. The highest BCUT2D eigenvalue weighted by Gasteiger charge is 2.23. The van der Waals surface area contributed by atoms with Crippen molar-refractivity contribution in [3.63, 3.8) is 0 Å². The zero-order chi connectivity index (χ0) is 31.1. The summed E-state index contributed by atoms with van der Waals surface area (Å²) < 4.78 is 1.33. The summed E-state index contributed by atoms with van der Waals surface area (Å²) >= 11 is 0. The lowest BCUT2D eigenvalue weighted by Gasteiger charge is -2.20. The highest BCUT2D eigenvalue weighted by molar-refractivity contribution is 5.96. The second kappa shape index (κ2) is 10.8. The van der Waals surface area contributed by atoms with Gasteiger partial charge in [-0.1, -0.05) is 5.21 Å². The predicted molar refractivity (Wildman–Crippen MR) is 152 cm³/mol. The van der Waals surface area contributed by atoms with E-state index in [1.165, 1.54) is 52.3 Å². The zero-order valence-electron chi connectivity index (χ0n) is 23.0. The second-order valence-electron chi connectivity index (χ2n) is 10.5. The number of nitrogens with one attached hydrogen (secondary N) is 3. The van der Waals surface area contributed by atoms with Gasteiger partial charge in [0.2, 0.25) is 0 Å². The molecule has 4 aromatic rings. The minimum Gasteiger partial charge on any atom is -0.507 e. The number of carbonyl (C=O) groups excluding carboxylic acids is 1. The normalized spacial score (nSPS) is 12.9. The molecule has 15 heteroatoms. The maximum atomic E-state index is 13.2. The van der Waals surface area contributed by atoms with Gasteiger partial charge in [0.15, 0.2) is 0 Å². The van der Waals surface area contributed by atoms with E-state index in [9.17, 15) is 34.8 Å². The number of hydrogen-bond donors (Lipinski definition) is 7. The third-order valence-corrected chi connectivity index (χ3v) is 6.14. The van der Waals surface area contributed by atoms with Gasteiger partial charge in [-0.05, 0) is 57.2 Å². The molecule has 2 aromatic carbocycles. The lowest BCUT2D eigenvalue weighted by atomic mass is 10.1. The van der Waals surface area contributed by atoms with Crippen molar-refractivity contribution < 1.29 is 34.8 Å². The maximum Gasteiger partial charge on any atom is 0.339 e. The summed E-state index contributed by atoms with van der Waals surface area (Å²) in [7, 11) is 0. The van der Waals surface area contributed by atoms with E-state index in [1.54, 1.807) is 18.3 Å². The van der Waals surface area contributed by atoms with Gasteiger partial charge in [0.05, 0.1) is 40.9 Å². The molecule has 1 aliphatic heterocycles. The number of nitrogens with zero attached hydrogens (tertiary/aromatic N) is 5. The van der Waals surface area contributed by atoms with Gasteiger partial charge >= 0.3 is 11.9 Å². The summed E-state index contributed by atoms with van der Waals surface area (Å²) in [5.41, 5.74) is 7.20. The van der Waals surface area contributed by atoms with Crippen molar-refractivity contribution in [2.24, 2.45) is 0 Å². The van der Waals surface area contributed by atoms with Gasteiger partial charge < -0.3 is 25.7 Å². The van der Waals surface area contributed by atoms with Crippen molar-refractivity contribution in [3.05, 3.63) is 83.3 Å². The maximum absolute atomic E-state index is 13.2. The Morgan fingerprint density at radius 1 is 0.837 bits per heavy atom. The van der Waals surface area contributed by atoms with Crippen LogP contribution in [-0.2, 0) is 0 Å². The van der Waals surface area contributed by atoms with E-state index in [4.69, 9.17) is 0 Å². The van der Waals surface area contributed by atoms with Gasteiger partial charge in [0.1, 0.15) is 28.3 Å². The van der Waals surface area contributed by atoms with Gasteiger partial charge in [-0.3, -0.25) is 15.2 Å². The Labute approximate surface area is 243 Å². The van der Waals surface area contributed by atoms with Crippen LogP contribution in [0.1, 0.15) is 57.5 Å². The van der Waals surface area contributed by atoms with Crippen molar-refractivity contribution in [3.8, 4) is 28.6 Å². The predicted octanol–water partition coefficient (Wildman–Crippen LogP) is 2.49. The van der Waals surface area contributed by atoms with Crippen molar-refractivity contribution in [2.45, 2.75) is 26.3 Å². The lowest BCUT2D eigenvalue weighted by molar-refractivity contribution is 0.0682. The van der Waals surface area contributed by atoms with Crippen molar-refractivity contribution in [2.75, 3.05) is 5.01 Å². The number of carbonyl (C=O) groups is 3. The average Bonchev–Trinajstić information content (AvgIpc) is 3.62. The van der Waals surface area contributed by atoms with E-state index in [0.29, 0.717) is 28.5 Å². The highest BCUT2D eigenvalue weighted by atomic mass is 16.4. The summed E-state index contributed by atoms with van der Waals surface area (Å²) in [6.45, 7) is 5.54. The largest absolute Gasteiger partial charge is 0.507 e. The quantitative estimate of drug-likeness (QED) is 0.166. The third kappa shape index (κ3) is 6.06. The molecule has 15 nitrogen and oxygen atoms in total. The fraction of sp³-hybridized carbons (Fsp3) is 0.143. The SMILES string of the molecule is CC(C)(C)NC(=O)c1cc(C2=CN(c3ccc(C(=O)O)c(O)c3)NN2)nc(-c2cn(-c3ccc(C(=O)O)c(O)c3)nn2)c1. The molecule has 0 atom stereocenters. The number of pyridine rings is 1. The van der Waals surface area contributed by atoms with Crippen molar-refractivity contribution in [1.29, 1.82) is 0 Å². The number of hydrogen-bond acceptors (Lipinski definition) is 11. The van der Waals surface area contributed by atoms with Crippen LogP contribution in [0.3, 0.4) is 0 Å². The molecule has 0 unspecified atom stereocenters. The van der Waals surface area contributed by atoms with Crippen LogP contribution in [0.15, 0.2) is 60.9 Å². The van der Waals surface area contributed by atoms with Crippen LogP contribution in [0.5, 0.6) is 11.5 Å². The number of carboxylic acid groups (broad SMARTS) is 2. The summed E-state index contributed by atoms with van der Waals surface area (Å²) in [5.74, 6) is -3.76. The first kappa shape index (κ1) is 28.6. The van der Waals surface area contributed by atoms with E-state index in [-0.39, 0.29) is 28.3 Å². The van der Waals surface area contributed by atoms with Crippen LogP contribution in [-0.4, -0.2) is 63.8 Å². The van der Waals surface area contributed by atoms with Crippen LogP contribution >= 0.6 is 0 Å². The lowest BCUT2D eigenvalue weighted by Crippen LogP contribution is -2.40. The Morgan fingerprint density at radius 3 is 2.05 bits per heavy atom. The third-order valence-electron chi connectivity index (χ3n) is 6.14. The Kier molecular flexibility index (Phi) is 7.17. The molecule has 7 N–H and O–H groups in total. The van der Waals surface area contributed by atoms with Crippen LogP contribution in [0, 0.1) is 0 Å². The fourth-order valence-corrected chi connectivity index (χ4v) is 4.13. The van der Waals surface area contributed by atoms with Crippen LogP contribution in [0.4, 0.5) is 5.69 Å². The van der Waals surface area contributed by atoms with Crippen molar-refractivity contribution >= 4 is 29.2 Å². The average molecular weight is 587 g/mol. The van der Waals surface area contributed by atoms with Crippen LogP contribution in [0.2, 0.25) is 0 Å². The number of rotatable bonds is 7. The first-order valence-electron chi connectivity index (χ1n) is 12.7. The number of benzene rings is 2. The summed E-state index contributed by atoms with van der Waals surface area (Å²) in [4.78, 5) is 40.3. The number of amides is 1. The van der Waals surface area contributed by atoms with Gasteiger partial charge in [0.25, 0.3) is 5.91 Å². The minimum atomic E-state index is -1.28. The second-order valence-corrected chi connectivity index (χ2v) is 10.5. The van der Waals surface area contributed by atoms with Crippen LogP contribution < -0.4 is 21.3 Å². The van der Waals surface area contributed by atoms with Crippen LogP contribution in [0.25, 0.3) is 22.8 Å². The topological polar surface area (TPSA) is 215 Å². The molecule has 0 spiro atoms. The molecule has 43 heavy (non-hydrogen) atoms. The van der Waals surface area contributed by atoms with Gasteiger partial charge in [-0.2, -0.15) is 0 Å². The number of aromatic nitrogens is 4. The molecule has 1 amide bonds. The van der Waals surface area contributed by atoms with Gasteiger partial charge in [-0.25, -0.2) is 19.3 Å². The Balaban J connectivity index is 1.52. The molecular weight excluding hydrogens is 560 g/mol. The smallest absolute Gasteiger partial charge is 0.339 e. The molecule has 1 aliphatic rings.